The quantitative estimate of drug-likeness (QED) is 0.828. The molecule has 1 aromatic rings. The summed E-state index contributed by atoms with van der Waals surface area (Å²) in [6.45, 7) is 6.79. The van der Waals surface area contributed by atoms with Crippen molar-refractivity contribution in [3.8, 4) is 0 Å². The Morgan fingerprint density at radius 1 is 1.38 bits per heavy atom. The Labute approximate surface area is 127 Å². The first-order chi connectivity index (χ1) is 9.83. The molecule has 0 spiro atoms. The third-order valence-corrected chi connectivity index (χ3v) is 4.92. The average Bonchev–Trinajstić information content (AvgIpc) is 2.43. The van der Waals surface area contributed by atoms with E-state index in [1.54, 1.807) is 6.07 Å². The second kappa shape index (κ2) is 6.27. The first-order valence-electron chi connectivity index (χ1n) is 7.82. The minimum absolute atomic E-state index is 0.0240. The van der Waals surface area contributed by atoms with Gasteiger partial charge in [-0.05, 0) is 32.9 Å². The van der Waals surface area contributed by atoms with Gasteiger partial charge in [-0.2, -0.15) is 0 Å². The van der Waals surface area contributed by atoms with Gasteiger partial charge in [-0.15, -0.1) is 0 Å². The summed E-state index contributed by atoms with van der Waals surface area (Å²) in [5.74, 6) is 0.265. The Balaban J connectivity index is 2.06. The molecule has 2 nitrogen and oxygen atoms in total. The summed E-state index contributed by atoms with van der Waals surface area (Å²) in [5.41, 5.74) is 0.493. The number of ketones is 1. The summed E-state index contributed by atoms with van der Waals surface area (Å²) < 4.78 is 13.9. The lowest BCUT2D eigenvalue weighted by atomic mass is 9.71. The third kappa shape index (κ3) is 3.52. The third-order valence-electron chi connectivity index (χ3n) is 4.92. The molecule has 1 fully saturated rings. The van der Waals surface area contributed by atoms with Crippen LogP contribution in [-0.2, 0) is 4.79 Å². The fraction of sp³-hybridized carbons (Fsp3) is 0.611. The van der Waals surface area contributed by atoms with Crippen LogP contribution in [0.1, 0.15) is 51.6 Å². The van der Waals surface area contributed by atoms with Gasteiger partial charge in [-0.25, -0.2) is 4.39 Å². The van der Waals surface area contributed by atoms with Gasteiger partial charge in [0.25, 0.3) is 0 Å². The Morgan fingerprint density at radius 2 is 2.05 bits per heavy atom. The van der Waals surface area contributed by atoms with Crippen LogP contribution in [0.25, 0.3) is 0 Å². The highest BCUT2D eigenvalue weighted by atomic mass is 19.1. The maximum Gasteiger partial charge on any atom is 0.142 e. The molecule has 2 rings (SSSR count). The lowest BCUT2D eigenvalue weighted by Crippen LogP contribution is -2.41. The molecule has 1 aliphatic carbocycles. The SMILES string of the molecule is CC(c1ccccc1F)N(C)CC1CCCC(C)(C)C1=O. The van der Waals surface area contributed by atoms with Crippen LogP contribution in [0.15, 0.2) is 24.3 Å². The molecule has 2 unspecified atom stereocenters. The van der Waals surface area contributed by atoms with Crippen LogP contribution < -0.4 is 0 Å². The van der Waals surface area contributed by atoms with E-state index in [1.807, 2.05) is 40.0 Å². The first kappa shape index (κ1) is 16.2. The Morgan fingerprint density at radius 3 is 2.71 bits per heavy atom. The number of Topliss-reactive ketones (excluding diaryl/α,β-unsaturated/α-hetero) is 1. The normalized spacial score (nSPS) is 23.3. The van der Waals surface area contributed by atoms with Crippen LogP contribution in [0.3, 0.4) is 0 Å². The molecule has 0 N–H and O–H groups in total. The van der Waals surface area contributed by atoms with Gasteiger partial charge in [0.1, 0.15) is 11.6 Å². The molecule has 0 amide bonds. The zero-order valence-electron chi connectivity index (χ0n) is 13.5. The highest BCUT2D eigenvalue weighted by molar-refractivity contribution is 5.87. The van der Waals surface area contributed by atoms with Crippen molar-refractivity contribution in [3.63, 3.8) is 0 Å². The molecule has 1 aliphatic rings. The molecule has 0 bridgehead atoms. The van der Waals surface area contributed by atoms with Crippen LogP contribution in [0, 0.1) is 17.2 Å². The van der Waals surface area contributed by atoms with Crippen LogP contribution in [0.4, 0.5) is 4.39 Å². The summed E-state index contributed by atoms with van der Waals surface area (Å²) in [4.78, 5) is 14.6. The van der Waals surface area contributed by atoms with Gasteiger partial charge in [0.05, 0.1) is 0 Å². The lowest BCUT2D eigenvalue weighted by molar-refractivity contribution is -0.135. The minimum Gasteiger partial charge on any atom is -0.299 e. The molecule has 2 atom stereocenters. The van der Waals surface area contributed by atoms with E-state index in [9.17, 15) is 9.18 Å². The second-order valence-electron chi connectivity index (χ2n) is 6.97. The summed E-state index contributed by atoms with van der Waals surface area (Å²) >= 11 is 0. The van der Waals surface area contributed by atoms with Crippen LogP contribution in [0.2, 0.25) is 0 Å². The molecule has 0 radical (unpaired) electrons. The van der Waals surface area contributed by atoms with Crippen molar-refractivity contribution in [2.45, 2.75) is 46.1 Å². The van der Waals surface area contributed by atoms with Gasteiger partial charge in [0, 0.05) is 29.5 Å². The molecular formula is C18H26FNO. The second-order valence-corrected chi connectivity index (χ2v) is 6.97. The highest BCUT2D eigenvalue weighted by Gasteiger charge is 2.37. The molecule has 1 aromatic carbocycles. The standard InChI is InChI=1S/C18H26FNO/c1-13(15-9-5-6-10-16(15)19)20(4)12-14-8-7-11-18(2,3)17(14)21/h5-6,9-10,13-14H,7-8,11-12H2,1-4H3. The van der Waals surface area contributed by atoms with Crippen LogP contribution in [-0.4, -0.2) is 24.3 Å². The van der Waals surface area contributed by atoms with Crippen LogP contribution >= 0.6 is 0 Å². The smallest absolute Gasteiger partial charge is 0.142 e. The molecule has 21 heavy (non-hydrogen) atoms. The van der Waals surface area contributed by atoms with E-state index in [0.29, 0.717) is 17.9 Å². The largest absolute Gasteiger partial charge is 0.299 e. The van der Waals surface area contributed by atoms with Crippen molar-refractivity contribution >= 4 is 5.78 Å². The molecule has 1 saturated carbocycles. The highest BCUT2D eigenvalue weighted by Crippen LogP contribution is 2.36. The summed E-state index contributed by atoms with van der Waals surface area (Å²) in [5, 5.41) is 0. The number of carbonyl (C=O) groups is 1. The van der Waals surface area contributed by atoms with Crippen molar-refractivity contribution in [3.05, 3.63) is 35.6 Å². The lowest BCUT2D eigenvalue weighted by Gasteiger charge is -2.37. The van der Waals surface area contributed by atoms with Crippen molar-refractivity contribution < 1.29 is 9.18 Å². The number of hydrogen-bond donors (Lipinski definition) is 0. The van der Waals surface area contributed by atoms with Crippen molar-refractivity contribution in [1.82, 2.24) is 4.90 Å². The van der Waals surface area contributed by atoms with E-state index < -0.39 is 0 Å². The zero-order valence-corrected chi connectivity index (χ0v) is 13.5. The van der Waals surface area contributed by atoms with E-state index in [-0.39, 0.29) is 23.2 Å². The van der Waals surface area contributed by atoms with Crippen LogP contribution in [0.5, 0.6) is 0 Å². The number of halogens is 1. The molecule has 0 heterocycles. The average molecular weight is 291 g/mol. The van der Waals surface area contributed by atoms with Gasteiger partial charge >= 0.3 is 0 Å². The minimum atomic E-state index is -0.203. The van der Waals surface area contributed by atoms with Crippen molar-refractivity contribution in [2.24, 2.45) is 11.3 Å². The number of benzene rings is 1. The van der Waals surface area contributed by atoms with E-state index in [2.05, 4.69) is 4.90 Å². The number of nitrogens with zero attached hydrogens (tertiary/aromatic N) is 1. The predicted molar refractivity (Wildman–Crippen MR) is 83.6 cm³/mol. The van der Waals surface area contributed by atoms with Gasteiger partial charge in [0.2, 0.25) is 0 Å². The maximum absolute atomic E-state index is 13.9. The molecule has 116 valence electrons. The fourth-order valence-corrected chi connectivity index (χ4v) is 3.33. The fourth-order valence-electron chi connectivity index (χ4n) is 3.33. The maximum atomic E-state index is 13.9. The summed E-state index contributed by atoms with van der Waals surface area (Å²) in [6, 6.07) is 6.86. The molecule has 0 saturated heterocycles. The number of hydrogen-bond acceptors (Lipinski definition) is 2. The molecule has 3 heteroatoms. The van der Waals surface area contributed by atoms with Crippen molar-refractivity contribution in [1.29, 1.82) is 0 Å². The summed E-state index contributed by atoms with van der Waals surface area (Å²) in [7, 11) is 1.98. The molecule has 0 aliphatic heterocycles. The summed E-state index contributed by atoms with van der Waals surface area (Å²) in [6.07, 6.45) is 3.04. The molecular weight excluding hydrogens is 265 g/mol. The monoisotopic (exact) mass is 291 g/mol. The van der Waals surface area contributed by atoms with E-state index in [0.717, 1.165) is 19.3 Å². The van der Waals surface area contributed by atoms with E-state index in [4.69, 9.17) is 0 Å². The topological polar surface area (TPSA) is 20.3 Å². The first-order valence-corrected chi connectivity index (χ1v) is 7.82. The van der Waals surface area contributed by atoms with Gasteiger partial charge in [-0.3, -0.25) is 9.69 Å². The van der Waals surface area contributed by atoms with Gasteiger partial charge in [-0.1, -0.05) is 38.5 Å². The number of carbonyl (C=O) groups excluding carboxylic acids is 1. The molecule has 0 aromatic heterocycles. The van der Waals surface area contributed by atoms with E-state index >= 15 is 0 Å². The Hall–Kier alpha value is -1.22. The van der Waals surface area contributed by atoms with Gasteiger partial charge in [0.15, 0.2) is 0 Å². The van der Waals surface area contributed by atoms with Crippen molar-refractivity contribution in [2.75, 3.05) is 13.6 Å². The zero-order chi connectivity index (χ0) is 15.6. The van der Waals surface area contributed by atoms with Gasteiger partial charge < -0.3 is 0 Å². The predicted octanol–water partition coefficient (Wildman–Crippen LogP) is 4.21. The number of rotatable bonds is 4. The Kier molecular flexibility index (Phi) is 4.82. The van der Waals surface area contributed by atoms with E-state index in [1.165, 1.54) is 6.07 Å². The Bertz CT molecular complexity index is 512.